The van der Waals surface area contributed by atoms with Gasteiger partial charge in [-0.1, -0.05) is 19.9 Å². The molecule has 12 heavy (non-hydrogen) atoms. The van der Waals surface area contributed by atoms with Gasteiger partial charge in [-0.15, -0.1) is 0 Å². The van der Waals surface area contributed by atoms with Gasteiger partial charge in [0.1, 0.15) is 11.6 Å². The topological polar surface area (TPSA) is 0 Å². The molecule has 68 valence electrons. The molecule has 0 N–H and O–H groups in total. The van der Waals surface area contributed by atoms with Gasteiger partial charge in [0.05, 0.1) is 0 Å². The molecule has 0 bridgehead atoms. The Morgan fingerprint density at radius 1 is 1.17 bits per heavy atom. The zero-order valence-corrected chi connectivity index (χ0v) is 8.04. The number of thiol groups is 1. The molecule has 0 atom stereocenters. The minimum absolute atomic E-state index is 0.0332. The molecule has 3 heteroatoms. The molecule has 0 spiro atoms. The molecule has 0 radical (unpaired) electrons. The van der Waals surface area contributed by atoms with Crippen LogP contribution in [0.3, 0.4) is 0 Å². The Bertz CT molecular complexity index is 216. The second kappa shape index (κ2) is 6.00. The number of hydrogen-bond acceptors (Lipinski definition) is 1. The Balaban J connectivity index is 0.000000561. The summed E-state index contributed by atoms with van der Waals surface area (Å²) in [5.74, 6) is -0.969. The molecule has 0 unspecified atom stereocenters. The van der Waals surface area contributed by atoms with E-state index in [-0.39, 0.29) is 11.3 Å². The predicted octanol–water partition coefficient (Wildman–Crippen LogP) is 3.42. The lowest BCUT2D eigenvalue weighted by Crippen LogP contribution is -1.90. The highest BCUT2D eigenvalue weighted by Crippen LogP contribution is 2.13. The molecular weight excluding hydrogens is 178 g/mol. The number of rotatable bonds is 1. The third-order valence-corrected chi connectivity index (χ3v) is 1.54. The highest BCUT2D eigenvalue weighted by Gasteiger charge is 2.04. The summed E-state index contributed by atoms with van der Waals surface area (Å²) < 4.78 is 25.1. The molecular formula is C9H12F2S. The molecule has 0 aliphatic rings. The molecule has 0 aromatic heterocycles. The van der Waals surface area contributed by atoms with Crippen LogP contribution in [0.15, 0.2) is 18.2 Å². The molecule has 0 fully saturated rings. The van der Waals surface area contributed by atoms with Gasteiger partial charge >= 0.3 is 0 Å². The van der Waals surface area contributed by atoms with Gasteiger partial charge in [0.15, 0.2) is 0 Å². The maximum absolute atomic E-state index is 12.6. The predicted molar refractivity (Wildman–Crippen MR) is 50.4 cm³/mol. The standard InChI is InChI=1S/C7H6F2S.C2H6/c8-6-2-1-3-7(9)5(6)4-10;1-2/h1-3,10H,4H2;1-2H3. The lowest BCUT2D eigenvalue weighted by Gasteiger charge is -1.98. The first-order chi connectivity index (χ1) is 5.75. The Morgan fingerprint density at radius 2 is 1.58 bits per heavy atom. The minimum atomic E-state index is -0.532. The van der Waals surface area contributed by atoms with Crippen molar-refractivity contribution in [2.45, 2.75) is 19.6 Å². The largest absolute Gasteiger partial charge is 0.207 e. The van der Waals surface area contributed by atoms with Crippen molar-refractivity contribution in [3.05, 3.63) is 35.4 Å². The average Bonchev–Trinajstić information content (AvgIpc) is 2.08. The Labute approximate surface area is 77.0 Å². The Hall–Kier alpha value is -0.570. The van der Waals surface area contributed by atoms with E-state index in [1.807, 2.05) is 13.8 Å². The van der Waals surface area contributed by atoms with E-state index in [0.29, 0.717) is 0 Å². The van der Waals surface area contributed by atoms with Gasteiger partial charge in [-0.25, -0.2) is 8.78 Å². The monoisotopic (exact) mass is 190 g/mol. The maximum Gasteiger partial charge on any atom is 0.130 e. The van der Waals surface area contributed by atoms with E-state index < -0.39 is 11.6 Å². The van der Waals surface area contributed by atoms with Crippen LogP contribution in [0.2, 0.25) is 0 Å². The van der Waals surface area contributed by atoms with Gasteiger partial charge in [0.2, 0.25) is 0 Å². The molecule has 0 amide bonds. The van der Waals surface area contributed by atoms with Crippen molar-refractivity contribution in [2.24, 2.45) is 0 Å². The SMILES string of the molecule is CC.Fc1cccc(F)c1CS. The quantitative estimate of drug-likeness (QED) is 0.644. The molecule has 1 aromatic carbocycles. The third-order valence-electron chi connectivity index (χ3n) is 1.22. The van der Waals surface area contributed by atoms with Crippen molar-refractivity contribution in [3.63, 3.8) is 0 Å². The van der Waals surface area contributed by atoms with E-state index in [4.69, 9.17) is 0 Å². The number of halogens is 2. The number of benzene rings is 1. The molecule has 0 heterocycles. The summed E-state index contributed by atoms with van der Waals surface area (Å²) in [7, 11) is 0. The summed E-state index contributed by atoms with van der Waals surface area (Å²) in [6.07, 6.45) is 0. The molecule has 1 aromatic rings. The summed E-state index contributed by atoms with van der Waals surface area (Å²) in [6.45, 7) is 4.00. The summed E-state index contributed by atoms with van der Waals surface area (Å²) in [4.78, 5) is 0. The van der Waals surface area contributed by atoms with Gasteiger partial charge in [-0.05, 0) is 12.1 Å². The van der Waals surface area contributed by atoms with E-state index in [1.165, 1.54) is 18.2 Å². The smallest absolute Gasteiger partial charge is 0.130 e. The van der Waals surface area contributed by atoms with Crippen LogP contribution in [0.5, 0.6) is 0 Å². The Morgan fingerprint density at radius 3 is 1.83 bits per heavy atom. The van der Waals surface area contributed by atoms with Gasteiger partial charge in [0, 0.05) is 11.3 Å². The van der Waals surface area contributed by atoms with Crippen LogP contribution in [0.25, 0.3) is 0 Å². The van der Waals surface area contributed by atoms with Crippen LogP contribution >= 0.6 is 12.6 Å². The van der Waals surface area contributed by atoms with E-state index in [0.717, 1.165) is 0 Å². The Kier molecular flexibility index (Phi) is 5.72. The maximum atomic E-state index is 12.6. The lowest BCUT2D eigenvalue weighted by molar-refractivity contribution is 0.566. The van der Waals surface area contributed by atoms with Crippen LogP contribution in [-0.2, 0) is 5.75 Å². The van der Waals surface area contributed by atoms with Crippen molar-refractivity contribution < 1.29 is 8.78 Å². The van der Waals surface area contributed by atoms with E-state index >= 15 is 0 Å². The summed E-state index contributed by atoms with van der Waals surface area (Å²) in [5, 5.41) is 0. The third kappa shape index (κ3) is 2.81. The van der Waals surface area contributed by atoms with E-state index in [9.17, 15) is 8.78 Å². The van der Waals surface area contributed by atoms with Crippen LogP contribution in [0.4, 0.5) is 8.78 Å². The first-order valence-electron chi connectivity index (χ1n) is 3.79. The second-order valence-electron chi connectivity index (χ2n) is 1.86. The summed E-state index contributed by atoms with van der Waals surface area (Å²) in [6, 6.07) is 3.76. The fraction of sp³-hybridized carbons (Fsp3) is 0.333. The van der Waals surface area contributed by atoms with Gasteiger partial charge < -0.3 is 0 Å². The normalized spacial score (nSPS) is 8.75. The van der Waals surface area contributed by atoms with Crippen molar-refractivity contribution in [2.75, 3.05) is 0 Å². The zero-order chi connectivity index (χ0) is 9.56. The van der Waals surface area contributed by atoms with Crippen molar-refractivity contribution in [1.29, 1.82) is 0 Å². The van der Waals surface area contributed by atoms with Crippen molar-refractivity contribution >= 4 is 12.6 Å². The molecule has 0 saturated carbocycles. The second-order valence-corrected chi connectivity index (χ2v) is 2.17. The van der Waals surface area contributed by atoms with Crippen LogP contribution < -0.4 is 0 Å². The molecule has 0 nitrogen and oxygen atoms in total. The number of hydrogen-bond donors (Lipinski definition) is 1. The van der Waals surface area contributed by atoms with Gasteiger partial charge in [-0.3, -0.25) is 0 Å². The van der Waals surface area contributed by atoms with Gasteiger partial charge in [0.25, 0.3) is 0 Å². The minimum Gasteiger partial charge on any atom is -0.207 e. The van der Waals surface area contributed by atoms with Crippen LogP contribution in [0, 0.1) is 11.6 Å². The van der Waals surface area contributed by atoms with E-state index in [1.54, 1.807) is 0 Å². The first kappa shape index (κ1) is 11.4. The highest BCUT2D eigenvalue weighted by atomic mass is 32.1. The molecule has 0 aliphatic carbocycles. The van der Waals surface area contributed by atoms with Crippen LogP contribution in [-0.4, -0.2) is 0 Å². The molecule has 0 saturated heterocycles. The first-order valence-corrected chi connectivity index (χ1v) is 4.42. The van der Waals surface area contributed by atoms with Crippen molar-refractivity contribution in [3.8, 4) is 0 Å². The average molecular weight is 190 g/mol. The van der Waals surface area contributed by atoms with Crippen LogP contribution in [0.1, 0.15) is 19.4 Å². The lowest BCUT2D eigenvalue weighted by atomic mass is 10.2. The summed E-state index contributed by atoms with van der Waals surface area (Å²) >= 11 is 3.77. The van der Waals surface area contributed by atoms with Crippen molar-refractivity contribution in [1.82, 2.24) is 0 Å². The van der Waals surface area contributed by atoms with E-state index in [2.05, 4.69) is 12.6 Å². The van der Waals surface area contributed by atoms with Gasteiger partial charge in [-0.2, -0.15) is 12.6 Å². The fourth-order valence-corrected chi connectivity index (χ4v) is 0.985. The molecule has 0 aliphatic heterocycles. The highest BCUT2D eigenvalue weighted by molar-refractivity contribution is 7.79. The zero-order valence-electron chi connectivity index (χ0n) is 7.14. The molecule has 1 rings (SSSR count). The fourth-order valence-electron chi connectivity index (χ4n) is 0.683. The summed E-state index contributed by atoms with van der Waals surface area (Å²) in [5.41, 5.74) is 0.0332.